The van der Waals surface area contributed by atoms with E-state index in [1.165, 1.54) is 4.68 Å². The molecule has 2 aromatic heterocycles. The Bertz CT molecular complexity index is 990. The second-order valence-electron chi connectivity index (χ2n) is 6.23. The molecule has 0 radical (unpaired) electrons. The Kier molecular flexibility index (Phi) is 3.80. The fraction of sp³-hybridized carbons (Fsp3) is 0.222. The summed E-state index contributed by atoms with van der Waals surface area (Å²) >= 11 is 0. The third kappa shape index (κ3) is 2.65. The van der Waals surface area contributed by atoms with E-state index in [2.05, 4.69) is 10.2 Å². The zero-order valence-corrected chi connectivity index (χ0v) is 14.2. The molecule has 132 valence electrons. The van der Waals surface area contributed by atoms with Crippen molar-refractivity contribution in [2.75, 3.05) is 6.54 Å². The van der Waals surface area contributed by atoms with Crippen LogP contribution in [0.4, 0.5) is 0 Å². The van der Waals surface area contributed by atoms with Gasteiger partial charge in [-0.05, 0) is 12.0 Å². The van der Waals surface area contributed by atoms with Gasteiger partial charge in [0.1, 0.15) is 11.4 Å². The van der Waals surface area contributed by atoms with Gasteiger partial charge in [-0.2, -0.15) is 10.2 Å². The van der Waals surface area contributed by atoms with Gasteiger partial charge < -0.3 is 10.0 Å². The van der Waals surface area contributed by atoms with Crippen LogP contribution in [0.25, 0.3) is 5.69 Å². The normalized spacial score (nSPS) is 13.7. The number of amides is 1. The van der Waals surface area contributed by atoms with Crippen molar-refractivity contribution >= 4 is 11.9 Å². The van der Waals surface area contributed by atoms with E-state index in [0.717, 1.165) is 5.56 Å². The molecule has 0 aliphatic carbocycles. The van der Waals surface area contributed by atoms with Gasteiger partial charge in [0, 0.05) is 25.7 Å². The molecule has 0 bridgehead atoms. The number of nitrogens with zero attached hydrogens (tertiary/aromatic N) is 5. The van der Waals surface area contributed by atoms with Crippen LogP contribution in [-0.2, 0) is 20.0 Å². The van der Waals surface area contributed by atoms with Crippen molar-refractivity contribution in [3.63, 3.8) is 0 Å². The predicted molar refractivity (Wildman–Crippen MR) is 92.2 cm³/mol. The summed E-state index contributed by atoms with van der Waals surface area (Å²) in [5.41, 5.74) is 2.30. The molecule has 1 aliphatic heterocycles. The molecule has 3 aromatic rings. The molecule has 0 unspecified atom stereocenters. The number of hydrogen-bond donors (Lipinski definition) is 1. The molecule has 1 aliphatic rings. The number of aromatic carboxylic acids is 1. The van der Waals surface area contributed by atoms with E-state index in [9.17, 15) is 14.7 Å². The second-order valence-corrected chi connectivity index (χ2v) is 6.23. The van der Waals surface area contributed by atoms with Gasteiger partial charge in [-0.15, -0.1) is 0 Å². The predicted octanol–water partition coefficient (Wildman–Crippen LogP) is 1.50. The third-order valence-electron chi connectivity index (χ3n) is 4.46. The van der Waals surface area contributed by atoms with Gasteiger partial charge in [0.05, 0.1) is 12.4 Å². The number of fused-ring (bicyclic) bond motifs is 1. The van der Waals surface area contributed by atoms with Crippen LogP contribution in [0.2, 0.25) is 0 Å². The van der Waals surface area contributed by atoms with Gasteiger partial charge >= 0.3 is 5.97 Å². The number of aromatic nitrogens is 4. The van der Waals surface area contributed by atoms with Gasteiger partial charge in [0.15, 0.2) is 5.69 Å². The maximum Gasteiger partial charge on any atom is 0.356 e. The molecule has 0 saturated carbocycles. The van der Waals surface area contributed by atoms with Crippen molar-refractivity contribution in [1.82, 2.24) is 24.5 Å². The lowest BCUT2D eigenvalue weighted by Gasteiger charge is -2.27. The average Bonchev–Trinajstić information content (AvgIpc) is 3.22. The van der Waals surface area contributed by atoms with Gasteiger partial charge in [-0.25, -0.2) is 9.48 Å². The topological polar surface area (TPSA) is 93.2 Å². The molecule has 0 atom stereocenters. The lowest BCUT2D eigenvalue weighted by molar-refractivity contribution is 0.0688. The van der Waals surface area contributed by atoms with Crippen LogP contribution in [0.1, 0.15) is 32.1 Å². The molecule has 1 N–H and O–H groups in total. The molecule has 0 saturated heterocycles. The summed E-state index contributed by atoms with van der Waals surface area (Å²) < 4.78 is 2.98. The van der Waals surface area contributed by atoms with Crippen LogP contribution in [0.15, 0.2) is 42.7 Å². The lowest BCUT2D eigenvalue weighted by Crippen LogP contribution is -2.38. The molecular formula is C18H17N5O3. The SMILES string of the molecule is Cn1cc(-n2nc(C(=O)O)c3c2C(=O)N(Cc2ccccc2)CC3)cn1. The third-order valence-corrected chi connectivity index (χ3v) is 4.46. The molecule has 3 heterocycles. The molecule has 26 heavy (non-hydrogen) atoms. The molecular weight excluding hydrogens is 334 g/mol. The molecule has 1 aromatic carbocycles. The first-order chi connectivity index (χ1) is 12.5. The summed E-state index contributed by atoms with van der Waals surface area (Å²) in [4.78, 5) is 26.4. The summed E-state index contributed by atoms with van der Waals surface area (Å²) in [6.07, 6.45) is 3.71. The highest BCUT2D eigenvalue weighted by atomic mass is 16.4. The fourth-order valence-electron chi connectivity index (χ4n) is 3.24. The zero-order valence-electron chi connectivity index (χ0n) is 14.2. The Morgan fingerprint density at radius 1 is 1.27 bits per heavy atom. The molecule has 8 nitrogen and oxygen atoms in total. The highest BCUT2D eigenvalue weighted by Gasteiger charge is 2.34. The fourth-order valence-corrected chi connectivity index (χ4v) is 3.24. The summed E-state index contributed by atoms with van der Waals surface area (Å²) in [6.45, 7) is 0.930. The highest BCUT2D eigenvalue weighted by molar-refractivity contribution is 5.99. The quantitative estimate of drug-likeness (QED) is 0.769. The first-order valence-electron chi connectivity index (χ1n) is 8.22. The molecule has 8 heteroatoms. The minimum atomic E-state index is -1.13. The van der Waals surface area contributed by atoms with Crippen LogP contribution in [0.5, 0.6) is 0 Å². The van der Waals surface area contributed by atoms with Gasteiger partial charge in [-0.3, -0.25) is 9.48 Å². The monoisotopic (exact) mass is 351 g/mol. The van der Waals surface area contributed by atoms with E-state index in [1.807, 2.05) is 30.3 Å². The standard InChI is InChI=1S/C18H17N5O3/c1-21-11-13(9-19-21)23-16-14(15(20-23)18(25)26)7-8-22(17(16)24)10-12-5-3-2-4-6-12/h2-6,9,11H,7-8,10H2,1H3,(H,25,26). The first-order valence-corrected chi connectivity index (χ1v) is 8.22. The lowest BCUT2D eigenvalue weighted by atomic mass is 10.0. The number of hydrogen-bond acceptors (Lipinski definition) is 4. The van der Waals surface area contributed by atoms with Gasteiger partial charge in [-0.1, -0.05) is 30.3 Å². The maximum absolute atomic E-state index is 13.1. The van der Waals surface area contributed by atoms with Crippen molar-refractivity contribution in [3.8, 4) is 5.69 Å². The largest absolute Gasteiger partial charge is 0.476 e. The van der Waals surface area contributed by atoms with E-state index in [-0.39, 0.29) is 11.6 Å². The summed E-state index contributed by atoms with van der Waals surface area (Å²) in [5, 5.41) is 17.7. The molecule has 1 amide bonds. The van der Waals surface area contributed by atoms with E-state index in [1.54, 1.807) is 29.0 Å². The van der Waals surface area contributed by atoms with Gasteiger partial charge in [0.2, 0.25) is 0 Å². The number of benzene rings is 1. The average molecular weight is 351 g/mol. The van der Waals surface area contributed by atoms with Crippen LogP contribution in [0.3, 0.4) is 0 Å². The number of carboxylic acids is 1. The van der Waals surface area contributed by atoms with Crippen molar-refractivity contribution in [2.45, 2.75) is 13.0 Å². The van der Waals surface area contributed by atoms with Crippen LogP contribution in [-0.4, -0.2) is 48.0 Å². The summed E-state index contributed by atoms with van der Waals surface area (Å²) in [7, 11) is 1.75. The van der Waals surface area contributed by atoms with E-state index >= 15 is 0 Å². The van der Waals surface area contributed by atoms with Crippen molar-refractivity contribution < 1.29 is 14.7 Å². The first kappa shape index (κ1) is 16.1. The van der Waals surface area contributed by atoms with Crippen molar-refractivity contribution in [2.24, 2.45) is 7.05 Å². The van der Waals surface area contributed by atoms with Crippen LogP contribution < -0.4 is 0 Å². The van der Waals surface area contributed by atoms with Crippen molar-refractivity contribution in [1.29, 1.82) is 0 Å². The van der Waals surface area contributed by atoms with Crippen LogP contribution in [0, 0.1) is 0 Å². The Balaban J connectivity index is 1.76. The van der Waals surface area contributed by atoms with E-state index in [4.69, 9.17) is 0 Å². The maximum atomic E-state index is 13.1. The van der Waals surface area contributed by atoms with E-state index < -0.39 is 5.97 Å². The summed E-state index contributed by atoms with van der Waals surface area (Å²) in [5.74, 6) is -1.35. The molecule has 4 rings (SSSR count). The van der Waals surface area contributed by atoms with Crippen LogP contribution >= 0.6 is 0 Å². The zero-order chi connectivity index (χ0) is 18.3. The van der Waals surface area contributed by atoms with E-state index in [0.29, 0.717) is 36.5 Å². The van der Waals surface area contributed by atoms with Gasteiger partial charge in [0.25, 0.3) is 5.91 Å². The minimum Gasteiger partial charge on any atom is -0.476 e. The Morgan fingerprint density at radius 2 is 2.04 bits per heavy atom. The Hall–Kier alpha value is -3.42. The Morgan fingerprint density at radius 3 is 2.69 bits per heavy atom. The van der Waals surface area contributed by atoms with Crippen molar-refractivity contribution in [3.05, 3.63) is 65.2 Å². The highest BCUT2D eigenvalue weighted by Crippen LogP contribution is 2.26. The Labute approximate surface area is 149 Å². The second kappa shape index (κ2) is 6.14. The number of carbonyl (C=O) groups excluding carboxylic acids is 1. The minimum absolute atomic E-state index is 0.0726. The molecule has 0 fully saturated rings. The number of rotatable bonds is 4. The summed E-state index contributed by atoms with van der Waals surface area (Å²) in [6, 6.07) is 9.71. The smallest absolute Gasteiger partial charge is 0.356 e. The number of carboxylic acid groups (broad SMARTS) is 1. The molecule has 0 spiro atoms. The number of carbonyl (C=O) groups is 2. The number of aryl methyl sites for hydroxylation is 1.